The molecule has 0 amide bonds. The third-order valence-electron chi connectivity index (χ3n) is 4.70. The van der Waals surface area contributed by atoms with Crippen LogP contribution in [0, 0.1) is 0 Å². The van der Waals surface area contributed by atoms with Crippen LogP contribution < -0.4 is 15.4 Å². The van der Waals surface area contributed by atoms with Crippen molar-refractivity contribution in [1.82, 2.24) is 19.9 Å². The number of pyridine rings is 2. The van der Waals surface area contributed by atoms with Gasteiger partial charge in [-0.3, -0.25) is 4.98 Å². The minimum Gasteiger partial charge on any atom is -0.491 e. The van der Waals surface area contributed by atoms with Gasteiger partial charge in [0.25, 0.3) is 0 Å². The highest BCUT2D eigenvalue weighted by atomic mass is 16.5. The fraction of sp³-hybridized carbons (Fsp3) is 0.300. The molecule has 7 nitrogen and oxygen atoms in total. The number of hydrogen-bond donors (Lipinski definition) is 2. The highest BCUT2D eigenvalue weighted by Crippen LogP contribution is 2.32. The zero-order valence-corrected chi connectivity index (χ0v) is 15.4. The molecule has 138 valence electrons. The Bertz CT molecular complexity index is 928. The van der Waals surface area contributed by atoms with Gasteiger partial charge in [0.15, 0.2) is 0 Å². The summed E-state index contributed by atoms with van der Waals surface area (Å²) in [5.74, 6) is 2.84. The minimum absolute atomic E-state index is 0.273. The summed E-state index contributed by atoms with van der Waals surface area (Å²) in [6.07, 6.45) is 6.13. The van der Waals surface area contributed by atoms with E-state index in [2.05, 4.69) is 37.5 Å². The second kappa shape index (κ2) is 7.57. The molecule has 1 atom stereocenters. The molecular weight excluding hydrogens is 340 g/mol. The fourth-order valence-corrected chi connectivity index (χ4v) is 3.16. The lowest BCUT2D eigenvalue weighted by Crippen LogP contribution is -2.12. The molecule has 0 spiro atoms. The second-order valence-corrected chi connectivity index (χ2v) is 6.53. The number of hydrogen-bond acceptors (Lipinski definition) is 7. The van der Waals surface area contributed by atoms with Crippen LogP contribution in [0.25, 0.3) is 11.3 Å². The van der Waals surface area contributed by atoms with E-state index in [9.17, 15) is 0 Å². The molecule has 3 aromatic rings. The van der Waals surface area contributed by atoms with Crippen molar-refractivity contribution >= 4 is 11.6 Å². The lowest BCUT2D eigenvalue weighted by Gasteiger charge is -2.16. The van der Waals surface area contributed by atoms with Crippen molar-refractivity contribution in [2.24, 2.45) is 0 Å². The number of ether oxygens (including phenoxy) is 1. The predicted octanol–water partition coefficient (Wildman–Crippen LogP) is 3.13. The molecule has 2 N–H and O–H groups in total. The topological polar surface area (TPSA) is 84.9 Å². The number of nitrogens with zero attached hydrogens (tertiary/aromatic N) is 4. The second-order valence-electron chi connectivity index (χ2n) is 6.53. The fourth-order valence-electron chi connectivity index (χ4n) is 3.16. The third-order valence-corrected chi connectivity index (χ3v) is 4.70. The minimum atomic E-state index is 0.273. The molecule has 0 bridgehead atoms. The number of fused-ring (bicyclic) bond motifs is 1. The van der Waals surface area contributed by atoms with Crippen molar-refractivity contribution in [1.29, 1.82) is 0 Å². The quantitative estimate of drug-likeness (QED) is 0.697. The van der Waals surface area contributed by atoms with E-state index in [0.29, 0.717) is 0 Å². The van der Waals surface area contributed by atoms with Crippen LogP contribution in [-0.4, -0.2) is 40.1 Å². The summed E-state index contributed by atoms with van der Waals surface area (Å²) in [7, 11) is 1.85. The molecule has 27 heavy (non-hydrogen) atoms. The lowest BCUT2D eigenvalue weighted by molar-refractivity contribution is 0.352. The van der Waals surface area contributed by atoms with E-state index in [1.165, 1.54) is 5.56 Å². The summed E-state index contributed by atoms with van der Waals surface area (Å²) in [4.78, 5) is 17.4. The molecule has 1 unspecified atom stereocenters. The van der Waals surface area contributed by atoms with Gasteiger partial charge in [0.2, 0.25) is 0 Å². The molecule has 0 saturated carbocycles. The highest BCUT2D eigenvalue weighted by Gasteiger charge is 2.20. The zero-order valence-electron chi connectivity index (χ0n) is 15.4. The lowest BCUT2D eigenvalue weighted by atomic mass is 10.00. The average Bonchev–Trinajstić information content (AvgIpc) is 3.21. The van der Waals surface area contributed by atoms with Gasteiger partial charge >= 0.3 is 0 Å². The Morgan fingerprint density at radius 3 is 2.85 bits per heavy atom. The SMILES string of the molecule is CNc1ccc(-c2cc(NCC(C)c3ccnc4c3OCC4)ncn2)cn1. The first-order chi connectivity index (χ1) is 13.2. The Labute approximate surface area is 158 Å². The van der Waals surface area contributed by atoms with Gasteiger partial charge in [-0.05, 0) is 18.2 Å². The van der Waals surface area contributed by atoms with Crippen LogP contribution in [0.2, 0.25) is 0 Å². The van der Waals surface area contributed by atoms with Crippen LogP contribution >= 0.6 is 0 Å². The molecule has 1 aliphatic rings. The Hall–Kier alpha value is -3.22. The smallest absolute Gasteiger partial charge is 0.144 e. The highest BCUT2D eigenvalue weighted by molar-refractivity contribution is 5.62. The molecule has 4 heterocycles. The van der Waals surface area contributed by atoms with Crippen molar-refractivity contribution < 1.29 is 4.74 Å². The molecule has 1 aliphatic heterocycles. The van der Waals surface area contributed by atoms with Gasteiger partial charge in [0, 0.05) is 55.5 Å². The van der Waals surface area contributed by atoms with Crippen LogP contribution in [0.1, 0.15) is 24.1 Å². The summed E-state index contributed by atoms with van der Waals surface area (Å²) in [6.45, 7) is 3.63. The molecule has 7 heteroatoms. The van der Waals surface area contributed by atoms with Crippen molar-refractivity contribution in [2.45, 2.75) is 19.3 Å². The Morgan fingerprint density at radius 2 is 2.04 bits per heavy atom. The van der Waals surface area contributed by atoms with Gasteiger partial charge < -0.3 is 15.4 Å². The maximum Gasteiger partial charge on any atom is 0.144 e. The van der Waals surface area contributed by atoms with E-state index in [1.807, 2.05) is 37.5 Å². The van der Waals surface area contributed by atoms with E-state index in [4.69, 9.17) is 4.74 Å². The van der Waals surface area contributed by atoms with Gasteiger partial charge in [0.1, 0.15) is 23.7 Å². The van der Waals surface area contributed by atoms with Crippen LogP contribution in [0.3, 0.4) is 0 Å². The predicted molar refractivity (Wildman–Crippen MR) is 105 cm³/mol. The van der Waals surface area contributed by atoms with Crippen molar-refractivity contribution in [3.05, 3.63) is 54.2 Å². The van der Waals surface area contributed by atoms with Crippen LogP contribution in [0.5, 0.6) is 5.75 Å². The first kappa shape index (κ1) is 17.2. The van der Waals surface area contributed by atoms with Crippen LogP contribution in [-0.2, 0) is 6.42 Å². The summed E-state index contributed by atoms with van der Waals surface area (Å²) < 4.78 is 5.77. The normalized spacial score (nSPS) is 13.6. The molecule has 0 fully saturated rings. The van der Waals surface area contributed by atoms with Crippen molar-refractivity contribution in [2.75, 3.05) is 30.8 Å². The summed E-state index contributed by atoms with van der Waals surface area (Å²) in [5, 5.41) is 6.42. The summed E-state index contributed by atoms with van der Waals surface area (Å²) in [6, 6.07) is 7.90. The zero-order chi connectivity index (χ0) is 18.6. The first-order valence-electron chi connectivity index (χ1n) is 9.05. The number of rotatable bonds is 6. The third kappa shape index (κ3) is 3.67. The molecule has 0 aliphatic carbocycles. The summed E-state index contributed by atoms with van der Waals surface area (Å²) in [5.41, 5.74) is 4.03. The van der Waals surface area contributed by atoms with E-state index in [1.54, 1.807) is 12.5 Å². The van der Waals surface area contributed by atoms with Crippen molar-refractivity contribution in [3.8, 4) is 17.0 Å². The number of aromatic nitrogens is 4. The van der Waals surface area contributed by atoms with Gasteiger partial charge in [-0.15, -0.1) is 0 Å². The molecule has 4 rings (SSSR count). The molecule has 3 aromatic heterocycles. The van der Waals surface area contributed by atoms with Gasteiger partial charge in [-0.25, -0.2) is 15.0 Å². The Morgan fingerprint density at radius 1 is 1.11 bits per heavy atom. The monoisotopic (exact) mass is 362 g/mol. The van der Waals surface area contributed by atoms with E-state index >= 15 is 0 Å². The molecular formula is C20H22N6O. The van der Waals surface area contributed by atoms with E-state index in [0.717, 1.165) is 53.9 Å². The van der Waals surface area contributed by atoms with E-state index in [-0.39, 0.29) is 5.92 Å². The summed E-state index contributed by atoms with van der Waals surface area (Å²) >= 11 is 0. The van der Waals surface area contributed by atoms with Crippen molar-refractivity contribution in [3.63, 3.8) is 0 Å². The maximum absolute atomic E-state index is 5.77. The Kier molecular flexibility index (Phi) is 4.82. The molecule has 0 radical (unpaired) electrons. The Balaban J connectivity index is 1.46. The van der Waals surface area contributed by atoms with Crippen LogP contribution in [0.4, 0.5) is 11.6 Å². The standard InChI is InChI=1S/C20H22N6O/c1-13(15-5-7-22-16-6-8-27-20(15)16)10-23-19-9-17(25-12-26-19)14-3-4-18(21-2)24-11-14/h3-5,7,9,11-13H,6,8,10H2,1-2H3,(H,21,24)(H,23,25,26). The maximum atomic E-state index is 5.77. The largest absolute Gasteiger partial charge is 0.491 e. The van der Waals surface area contributed by atoms with Crippen LogP contribution in [0.15, 0.2) is 43.0 Å². The first-order valence-corrected chi connectivity index (χ1v) is 9.05. The van der Waals surface area contributed by atoms with Gasteiger partial charge in [-0.1, -0.05) is 6.92 Å². The molecule has 0 aromatic carbocycles. The van der Waals surface area contributed by atoms with Gasteiger partial charge in [0.05, 0.1) is 18.0 Å². The van der Waals surface area contributed by atoms with Gasteiger partial charge in [-0.2, -0.15) is 0 Å². The number of anilines is 2. The molecule has 0 saturated heterocycles. The van der Waals surface area contributed by atoms with E-state index < -0.39 is 0 Å². The number of nitrogens with one attached hydrogen (secondary N) is 2. The average molecular weight is 362 g/mol.